The summed E-state index contributed by atoms with van der Waals surface area (Å²) in [6.07, 6.45) is 2.63. The standard InChI is InChI=1S/C13H26N2O2/c1-4-11(5-2)14-13(17)9-15-7-6-10(3)12(16)8-15/h10-12,16H,4-9H2,1-3H3,(H,14,17). The van der Waals surface area contributed by atoms with E-state index >= 15 is 0 Å². The normalized spacial score (nSPS) is 26.2. The van der Waals surface area contributed by atoms with Crippen LogP contribution in [-0.2, 0) is 4.79 Å². The zero-order valence-corrected chi connectivity index (χ0v) is 11.3. The molecule has 0 spiro atoms. The van der Waals surface area contributed by atoms with E-state index in [1.807, 2.05) is 4.90 Å². The number of nitrogens with one attached hydrogen (secondary N) is 1. The van der Waals surface area contributed by atoms with Crippen molar-refractivity contribution in [3.8, 4) is 0 Å². The second-order valence-corrected chi connectivity index (χ2v) is 5.15. The van der Waals surface area contributed by atoms with Crippen molar-refractivity contribution in [3.63, 3.8) is 0 Å². The van der Waals surface area contributed by atoms with Gasteiger partial charge in [0.25, 0.3) is 0 Å². The smallest absolute Gasteiger partial charge is 0.234 e. The number of aliphatic hydroxyl groups is 1. The van der Waals surface area contributed by atoms with Crippen molar-refractivity contribution in [1.82, 2.24) is 10.2 Å². The summed E-state index contributed by atoms with van der Waals surface area (Å²) in [4.78, 5) is 13.8. The molecule has 0 aromatic heterocycles. The van der Waals surface area contributed by atoms with E-state index in [2.05, 4.69) is 26.1 Å². The molecule has 0 radical (unpaired) electrons. The largest absolute Gasteiger partial charge is 0.392 e. The molecular formula is C13H26N2O2. The number of amides is 1. The van der Waals surface area contributed by atoms with Crippen LogP contribution in [0.5, 0.6) is 0 Å². The van der Waals surface area contributed by atoms with E-state index in [-0.39, 0.29) is 18.1 Å². The summed E-state index contributed by atoms with van der Waals surface area (Å²) in [5, 5.41) is 12.8. The van der Waals surface area contributed by atoms with Crippen LogP contribution in [-0.4, -0.2) is 47.7 Å². The van der Waals surface area contributed by atoms with E-state index in [0.717, 1.165) is 25.8 Å². The molecule has 2 atom stereocenters. The molecule has 0 aromatic carbocycles. The zero-order chi connectivity index (χ0) is 12.8. The van der Waals surface area contributed by atoms with E-state index in [0.29, 0.717) is 19.0 Å². The van der Waals surface area contributed by atoms with Gasteiger partial charge in [-0.3, -0.25) is 9.69 Å². The molecule has 2 unspecified atom stereocenters. The van der Waals surface area contributed by atoms with E-state index in [9.17, 15) is 9.90 Å². The summed E-state index contributed by atoms with van der Waals surface area (Å²) in [5.74, 6) is 0.439. The monoisotopic (exact) mass is 242 g/mol. The predicted octanol–water partition coefficient (Wildman–Crippen LogP) is 0.994. The molecule has 0 bridgehead atoms. The second-order valence-electron chi connectivity index (χ2n) is 5.15. The molecule has 0 saturated carbocycles. The molecule has 1 rings (SSSR count). The Balaban J connectivity index is 2.31. The Morgan fingerprint density at radius 3 is 2.65 bits per heavy atom. The first kappa shape index (κ1) is 14.5. The quantitative estimate of drug-likeness (QED) is 0.756. The van der Waals surface area contributed by atoms with E-state index < -0.39 is 0 Å². The third kappa shape index (κ3) is 4.64. The van der Waals surface area contributed by atoms with Crippen LogP contribution < -0.4 is 5.32 Å². The van der Waals surface area contributed by atoms with E-state index in [1.165, 1.54) is 0 Å². The molecule has 1 fully saturated rings. The Kier molecular flexibility index (Phi) is 5.92. The zero-order valence-electron chi connectivity index (χ0n) is 11.3. The lowest BCUT2D eigenvalue weighted by atomic mass is 9.96. The van der Waals surface area contributed by atoms with Crippen molar-refractivity contribution in [2.45, 2.75) is 52.2 Å². The van der Waals surface area contributed by atoms with Gasteiger partial charge in [-0.1, -0.05) is 20.8 Å². The SMILES string of the molecule is CCC(CC)NC(=O)CN1CCC(C)C(O)C1. The summed E-state index contributed by atoms with van der Waals surface area (Å²) in [6, 6.07) is 0.288. The molecule has 4 nitrogen and oxygen atoms in total. The number of hydrogen-bond donors (Lipinski definition) is 2. The molecule has 1 heterocycles. The lowest BCUT2D eigenvalue weighted by Crippen LogP contribution is -2.48. The fourth-order valence-corrected chi connectivity index (χ4v) is 2.23. The first-order chi connectivity index (χ1) is 8.06. The summed E-state index contributed by atoms with van der Waals surface area (Å²) in [6.45, 7) is 8.18. The van der Waals surface area contributed by atoms with Gasteiger partial charge in [-0.25, -0.2) is 0 Å². The number of likely N-dealkylation sites (tertiary alicyclic amines) is 1. The molecule has 2 N–H and O–H groups in total. The van der Waals surface area contributed by atoms with Gasteiger partial charge in [-0.2, -0.15) is 0 Å². The molecule has 17 heavy (non-hydrogen) atoms. The van der Waals surface area contributed by atoms with Crippen LogP contribution in [0.1, 0.15) is 40.0 Å². The second kappa shape index (κ2) is 6.97. The number of carbonyl (C=O) groups excluding carboxylic acids is 1. The molecule has 1 saturated heterocycles. The molecule has 4 heteroatoms. The molecule has 0 aliphatic carbocycles. The third-order valence-electron chi connectivity index (χ3n) is 3.72. The topological polar surface area (TPSA) is 52.6 Å². The Labute approximate surface area is 104 Å². The molecular weight excluding hydrogens is 216 g/mol. The average Bonchev–Trinajstić information content (AvgIpc) is 2.31. The number of piperidine rings is 1. The van der Waals surface area contributed by atoms with E-state index in [4.69, 9.17) is 0 Å². The van der Waals surface area contributed by atoms with Crippen molar-refractivity contribution in [3.05, 3.63) is 0 Å². The fourth-order valence-electron chi connectivity index (χ4n) is 2.23. The van der Waals surface area contributed by atoms with Gasteiger partial charge in [0.2, 0.25) is 5.91 Å². The molecule has 1 aliphatic heterocycles. The molecule has 1 amide bonds. The molecule has 0 aromatic rings. The van der Waals surface area contributed by atoms with Gasteiger partial charge in [-0.05, 0) is 31.7 Å². The van der Waals surface area contributed by atoms with Crippen molar-refractivity contribution >= 4 is 5.91 Å². The lowest BCUT2D eigenvalue weighted by Gasteiger charge is -2.34. The Morgan fingerprint density at radius 1 is 1.47 bits per heavy atom. The molecule has 100 valence electrons. The highest BCUT2D eigenvalue weighted by Gasteiger charge is 2.25. The number of aliphatic hydroxyl groups excluding tert-OH is 1. The first-order valence-corrected chi connectivity index (χ1v) is 6.76. The van der Waals surface area contributed by atoms with Gasteiger partial charge in [0.1, 0.15) is 0 Å². The highest BCUT2D eigenvalue weighted by molar-refractivity contribution is 5.78. The Bertz CT molecular complexity index is 242. The van der Waals surface area contributed by atoms with Crippen LogP contribution in [0.25, 0.3) is 0 Å². The highest BCUT2D eigenvalue weighted by atomic mass is 16.3. The number of nitrogens with zero attached hydrogens (tertiary/aromatic N) is 1. The Hall–Kier alpha value is -0.610. The highest BCUT2D eigenvalue weighted by Crippen LogP contribution is 2.16. The number of carbonyl (C=O) groups is 1. The van der Waals surface area contributed by atoms with Gasteiger partial charge >= 0.3 is 0 Å². The van der Waals surface area contributed by atoms with Crippen molar-refractivity contribution in [1.29, 1.82) is 0 Å². The summed E-state index contributed by atoms with van der Waals surface area (Å²) >= 11 is 0. The lowest BCUT2D eigenvalue weighted by molar-refractivity contribution is -0.124. The molecule has 1 aliphatic rings. The number of β-amino-alcohol motifs (C(OH)–C–C–N with tert-alkyl or cyclic N) is 1. The van der Waals surface area contributed by atoms with Crippen molar-refractivity contribution in [2.24, 2.45) is 5.92 Å². The van der Waals surface area contributed by atoms with Crippen LogP contribution in [0, 0.1) is 5.92 Å². The maximum Gasteiger partial charge on any atom is 0.234 e. The van der Waals surface area contributed by atoms with Gasteiger partial charge < -0.3 is 10.4 Å². The minimum absolute atomic E-state index is 0.0838. The van der Waals surface area contributed by atoms with Gasteiger partial charge in [-0.15, -0.1) is 0 Å². The van der Waals surface area contributed by atoms with Crippen LogP contribution in [0.2, 0.25) is 0 Å². The fraction of sp³-hybridized carbons (Fsp3) is 0.923. The summed E-state index contributed by atoms with van der Waals surface area (Å²) < 4.78 is 0. The van der Waals surface area contributed by atoms with Crippen LogP contribution >= 0.6 is 0 Å². The number of rotatable bonds is 5. The Morgan fingerprint density at radius 2 is 2.12 bits per heavy atom. The van der Waals surface area contributed by atoms with E-state index in [1.54, 1.807) is 0 Å². The minimum atomic E-state index is -0.287. The summed E-state index contributed by atoms with van der Waals surface area (Å²) in [7, 11) is 0. The van der Waals surface area contributed by atoms with Gasteiger partial charge in [0.15, 0.2) is 0 Å². The summed E-state index contributed by atoms with van der Waals surface area (Å²) in [5.41, 5.74) is 0. The third-order valence-corrected chi connectivity index (χ3v) is 3.72. The van der Waals surface area contributed by atoms with Crippen molar-refractivity contribution in [2.75, 3.05) is 19.6 Å². The van der Waals surface area contributed by atoms with Gasteiger partial charge in [0.05, 0.1) is 12.6 Å². The predicted molar refractivity (Wildman–Crippen MR) is 68.7 cm³/mol. The minimum Gasteiger partial charge on any atom is -0.392 e. The maximum absolute atomic E-state index is 11.8. The van der Waals surface area contributed by atoms with Crippen LogP contribution in [0.15, 0.2) is 0 Å². The maximum atomic E-state index is 11.8. The van der Waals surface area contributed by atoms with Crippen LogP contribution in [0.3, 0.4) is 0 Å². The first-order valence-electron chi connectivity index (χ1n) is 6.76. The van der Waals surface area contributed by atoms with Crippen molar-refractivity contribution < 1.29 is 9.90 Å². The average molecular weight is 242 g/mol. The number of hydrogen-bond acceptors (Lipinski definition) is 3. The van der Waals surface area contributed by atoms with Gasteiger partial charge in [0, 0.05) is 12.6 Å². The van der Waals surface area contributed by atoms with Crippen LogP contribution in [0.4, 0.5) is 0 Å².